The minimum atomic E-state index is -4.48. The molecular weight excluding hydrogens is 449 g/mol. The van der Waals surface area contributed by atoms with Gasteiger partial charge in [-0.1, -0.05) is 18.2 Å². The number of aliphatic hydroxyl groups excluding tert-OH is 1. The maximum absolute atomic E-state index is 13.7. The first-order chi connectivity index (χ1) is 16.4. The fourth-order valence-electron chi connectivity index (χ4n) is 4.97. The molecule has 2 aromatic heterocycles. The van der Waals surface area contributed by atoms with E-state index in [2.05, 4.69) is 15.0 Å². The lowest BCUT2D eigenvalue weighted by Crippen LogP contribution is -2.53. The number of amides is 1. The van der Waals surface area contributed by atoms with Crippen LogP contribution in [0.25, 0.3) is 11.4 Å². The zero-order valence-corrected chi connectivity index (χ0v) is 17.9. The largest absolute Gasteiger partial charge is 0.472 e. The lowest BCUT2D eigenvalue weighted by atomic mass is 9.96. The number of piperidine rings is 1. The molecule has 2 aliphatic rings. The van der Waals surface area contributed by atoms with Crippen molar-refractivity contribution in [2.45, 2.75) is 37.2 Å². The van der Waals surface area contributed by atoms with Crippen molar-refractivity contribution in [3.05, 3.63) is 72.2 Å². The lowest BCUT2D eigenvalue weighted by molar-refractivity contribution is -0.137. The third kappa shape index (κ3) is 3.98. The third-order valence-electron chi connectivity index (χ3n) is 6.49. The van der Waals surface area contributed by atoms with Crippen LogP contribution in [0.4, 0.5) is 13.2 Å². The second kappa shape index (κ2) is 8.68. The molecule has 7 nitrogen and oxygen atoms in total. The van der Waals surface area contributed by atoms with E-state index in [1.165, 1.54) is 6.07 Å². The highest BCUT2D eigenvalue weighted by molar-refractivity contribution is 6.00. The van der Waals surface area contributed by atoms with Crippen molar-refractivity contribution in [1.29, 1.82) is 0 Å². The van der Waals surface area contributed by atoms with Gasteiger partial charge in [0.05, 0.1) is 29.8 Å². The molecule has 3 aromatic rings. The Bertz CT molecular complexity index is 1170. The Balaban J connectivity index is 1.41. The smallest absolute Gasteiger partial charge is 0.417 e. The molecule has 1 saturated heterocycles. The van der Waals surface area contributed by atoms with Crippen LogP contribution in [0.3, 0.4) is 0 Å². The lowest BCUT2D eigenvalue weighted by Gasteiger charge is -2.38. The molecule has 1 aromatic carbocycles. The molecule has 1 N–H and O–H groups in total. The molecule has 0 spiro atoms. The number of carbonyl (C=O) groups is 1. The molecule has 5 rings (SSSR count). The van der Waals surface area contributed by atoms with Gasteiger partial charge in [-0.3, -0.25) is 4.79 Å². The first kappa shape index (κ1) is 22.3. The van der Waals surface area contributed by atoms with Crippen LogP contribution in [0.5, 0.6) is 5.88 Å². The molecule has 2 fully saturated rings. The van der Waals surface area contributed by atoms with Gasteiger partial charge in [-0.15, -0.1) is 0 Å². The van der Waals surface area contributed by atoms with E-state index in [0.717, 1.165) is 12.3 Å². The van der Waals surface area contributed by atoms with Gasteiger partial charge in [0.2, 0.25) is 5.88 Å². The fourth-order valence-corrected chi connectivity index (χ4v) is 4.97. The predicted octanol–water partition coefficient (Wildman–Crippen LogP) is 3.60. The van der Waals surface area contributed by atoms with Gasteiger partial charge in [0.15, 0.2) is 5.82 Å². The summed E-state index contributed by atoms with van der Waals surface area (Å²) in [5.74, 6) is 0.219. The van der Waals surface area contributed by atoms with Gasteiger partial charge in [0, 0.05) is 30.2 Å². The van der Waals surface area contributed by atoms with E-state index in [9.17, 15) is 23.1 Å². The minimum Gasteiger partial charge on any atom is -0.472 e. The summed E-state index contributed by atoms with van der Waals surface area (Å²) < 4.78 is 44.4. The molecule has 34 heavy (non-hydrogen) atoms. The molecule has 4 atom stereocenters. The van der Waals surface area contributed by atoms with Crippen LogP contribution in [0, 0.1) is 5.92 Å². The van der Waals surface area contributed by atoms with Gasteiger partial charge in [0.1, 0.15) is 6.10 Å². The number of rotatable bonds is 5. The summed E-state index contributed by atoms with van der Waals surface area (Å²) in [6, 6.07) is 10.1. The molecule has 2 bridgehead atoms. The summed E-state index contributed by atoms with van der Waals surface area (Å²) in [4.78, 5) is 27.7. The Morgan fingerprint density at radius 1 is 1.06 bits per heavy atom. The Morgan fingerprint density at radius 3 is 2.50 bits per heavy atom. The van der Waals surface area contributed by atoms with Gasteiger partial charge < -0.3 is 14.7 Å². The van der Waals surface area contributed by atoms with Crippen LogP contribution < -0.4 is 4.74 Å². The number of halogens is 3. The van der Waals surface area contributed by atoms with Crippen LogP contribution in [0.1, 0.15) is 28.8 Å². The number of aliphatic hydroxyl groups is 1. The molecule has 0 radical (unpaired) electrons. The van der Waals surface area contributed by atoms with Crippen LogP contribution in [0.2, 0.25) is 0 Å². The number of pyridine rings is 1. The summed E-state index contributed by atoms with van der Waals surface area (Å²) in [5.41, 5.74) is 0.130. The number of alkyl halides is 3. The second-order valence-electron chi connectivity index (χ2n) is 8.42. The summed E-state index contributed by atoms with van der Waals surface area (Å²) in [6.45, 7) is -0.192. The zero-order valence-electron chi connectivity index (χ0n) is 17.9. The molecule has 176 valence electrons. The monoisotopic (exact) mass is 470 g/mol. The standard InChI is InChI=1S/C24H21F3N4O3/c25-24(26,27)15-6-7-21(30-12-15)34-20-11-14-10-18(20)31(19(14)13-32)23(33)17-5-2-1-4-16(17)22-28-8-3-9-29-22/h1-9,12,14,18-20,32H,10-11,13H2. The van der Waals surface area contributed by atoms with Crippen molar-refractivity contribution in [3.63, 3.8) is 0 Å². The molecule has 4 unspecified atom stereocenters. The fraction of sp³-hybridized carbons (Fsp3) is 0.333. The topological polar surface area (TPSA) is 88.4 Å². The average molecular weight is 470 g/mol. The number of ether oxygens (including phenoxy) is 1. The summed E-state index contributed by atoms with van der Waals surface area (Å²) in [6.07, 6.45) is 0.209. The number of hydrogen-bond acceptors (Lipinski definition) is 6. The quantitative estimate of drug-likeness (QED) is 0.613. The van der Waals surface area contributed by atoms with Crippen LogP contribution in [-0.4, -0.2) is 55.7 Å². The van der Waals surface area contributed by atoms with Crippen molar-refractivity contribution in [2.75, 3.05) is 6.61 Å². The highest BCUT2D eigenvalue weighted by Crippen LogP contribution is 2.45. The van der Waals surface area contributed by atoms with Crippen molar-refractivity contribution in [1.82, 2.24) is 19.9 Å². The third-order valence-corrected chi connectivity index (χ3v) is 6.49. The number of benzene rings is 1. The van der Waals surface area contributed by atoms with E-state index in [0.29, 0.717) is 29.8 Å². The Morgan fingerprint density at radius 2 is 1.82 bits per heavy atom. The Hall–Kier alpha value is -3.53. The van der Waals surface area contributed by atoms with E-state index < -0.39 is 17.8 Å². The van der Waals surface area contributed by atoms with Crippen LogP contribution in [-0.2, 0) is 6.18 Å². The van der Waals surface area contributed by atoms with Gasteiger partial charge >= 0.3 is 6.18 Å². The van der Waals surface area contributed by atoms with Crippen molar-refractivity contribution >= 4 is 5.91 Å². The van der Waals surface area contributed by atoms with E-state index >= 15 is 0 Å². The highest BCUT2D eigenvalue weighted by Gasteiger charge is 2.54. The van der Waals surface area contributed by atoms with Gasteiger partial charge in [0.25, 0.3) is 5.91 Å². The molecular formula is C24H21F3N4O3. The Labute approximate surface area is 193 Å². The SMILES string of the molecule is O=C(c1ccccc1-c1ncccn1)N1C(CO)C2CC(Oc3ccc(C(F)(F)F)cn3)C1C2. The minimum absolute atomic E-state index is 0.0125. The van der Waals surface area contributed by atoms with E-state index in [4.69, 9.17) is 4.74 Å². The second-order valence-corrected chi connectivity index (χ2v) is 8.42. The zero-order chi connectivity index (χ0) is 23.9. The summed E-state index contributed by atoms with van der Waals surface area (Å²) in [5, 5.41) is 10.0. The van der Waals surface area contributed by atoms with Gasteiger partial charge in [-0.2, -0.15) is 13.2 Å². The maximum Gasteiger partial charge on any atom is 0.417 e. The maximum atomic E-state index is 13.7. The summed E-state index contributed by atoms with van der Waals surface area (Å²) >= 11 is 0. The highest BCUT2D eigenvalue weighted by atomic mass is 19.4. The van der Waals surface area contributed by atoms with E-state index in [-0.39, 0.29) is 36.4 Å². The predicted molar refractivity (Wildman–Crippen MR) is 115 cm³/mol. The molecule has 3 heterocycles. The number of carbonyl (C=O) groups excluding carboxylic acids is 1. The van der Waals surface area contributed by atoms with Gasteiger partial charge in [-0.25, -0.2) is 15.0 Å². The van der Waals surface area contributed by atoms with Crippen molar-refractivity contribution in [3.8, 4) is 17.3 Å². The molecule has 1 saturated carbocycles. The Kier molecular flexibility index (Phi) is 5.68. The van der Waals surface area contributed by atoms with Gasteiger partial charge in [-0.05, 0) is 37.0 Å². The molecule has 1 amide bonds. The molecule has 1 aliphatic carbocycles. The summed E-state index contributed by atoms with van der Waals surface area (Å²) in [7, 11) is 0. The number of likely N-dealkylation sites (tertiary alicyclic amines) is 1. The van der Waals surface area contributed by atoms with E-state index in [1.807, 2.05) is 0 Å². The number of hydrogen-bond donors (Lipinski definition) is 1. The van der Waals surface area contributed by atoms with Crippen LogP contribution >= 0.6 is 0 Å². The van der Waals surface area contributed by atoms with E-state index in [1.54, 1.807) is 47.6 Å². The van der Waals surface area contributed by atoms with Crippen LogP contribution in [0.15, 0.2) is 61.1 Å². The first-order valence-corrected chi connectivity index (χ1v) is 10.9. The average Bonchev–Trinajstić information content (AvgIpc) is 3.42. The molecule has 10 heteroatoms. The first-order valence-electron chi connectivity index (χ1n) is 10.9. The normalized spacial score (nSPS) is 23.8. The number of aromatic nitrogens is 3. The van der Waals surface area contributed by atoms with Crippen molar-refractivity contribution in [2.24, 2.45) is 5.92 Å². The molecule has 1 aliphatic heterocycles. The van der Waals surface area contributed by atoms with Crippen molar-refractivity contribution < 1.29 is 27.8 Å². The number of fused-ring (bicyclic) bond motifs is 2. The number of nitrogens with zero attached hydrogens (tertiary/aromatic N) is 4.